The van der Waals surface area contributed by atoms with E-state index >= 15 is 0 Å². The molecule has 1 aliphatic heterocycles. The standard InChI is InChI=1S/C19H16F4N2OS/c1-11-4-2-6-13(8-11)18-25-16(19(21,22)23)15(27-18)17(26)24-10-12-5-3-7-14(20)9-12/h2-9,18,25H,10H2,1H3,(H,24,26). The monoisotopic (exact) mass is 396 g/mol. The molecule has 0 bridgehead atoms. The van der Waals surface area contributed by atoms with Gasteiger partial charge in [-0.2, -0.15) is 13.2 Å². The molecule has 1 heterocycles. The molecule has 2 N–H and O–H groups in total. The summed E-state index contributed by atoms with van der Waals surface area (Å²) in [6.07, 6.45) is -4.68. The summed E-state index contributed by atoms with van der Waals surface area (Å²) in [5, 5.41) is 4.13. The number of halogens is 4. The van der Waals surface area contributed by atoms with Crippen LogP contribution in [-0.4, -0.2) is 12.1 Å². The Kier molecular flexibility index (Phi) is 5.46. The molecule has 1 aliphatic rings. The first-order valence-corrected chi connectivity index (χ1v) is 8.96. The number of thioether (sulfide) groups is 1. The second-order valence-corrected chi connectivity index (χ2v) is 7.19. The first kappa shape index (κ1) is 19.3. The van der Waals surface area contributed by atoms with Crippen molar-refractivity contribution in [3.05, 3.63) is 81.6 Å². The van der Waals surface area contributed by atoms with Gasteiger partial charge in [0.05, 0.1) is 0 Å². The van der Waals surface area contributed by atoms with Crippen LogP contribution in [0, 0.1) is 12.7 Å². The van der Waals surface area contributed by atoms with Gasteiger partial charge >= 0.3 is 6.18 Å². The van der Waals surface area contributed by atoms with Crippen LogP contribution < -0.4 is 10.6 Å². The molecule has 142 valence electrons. The van der Waals surface area contributed by atoms with Crippen LogP contribution in [0.5, 0.6) is 0 Å². The maximum Gasteiger partial charge on any atom is 0.432 e. The lowest BCUT2D eigenvalue weighted by atomic mass is 10.1. The molecule has 2 aromatic carbocycles. The zero-order valence-electron chi connectivity index (χ0n) is 14.2. The van der Waals surface area contributed by atoms with Crippen molar-refractivity contribution in [1.29, 1.82) is 0 Å². The number of carbonyl (C=O) groups is 1. The Labute approximate surface area is 157 Å². The molecule has 0 saturated carbocycles. The Hall–Kier alpha value is -2.48. The van der Waals surface area contributed by atoms with E-state index in [1.54, 1.807) is 24.3 Å². The number of amides is 1. The fourth-order valence-electron chi connectivity index (χ4n) is 2.67. The van der Waals surface area contributed by atoms with Crippen molar-refractivity contribution in [3.63, 3.8) is 0 Å². The number of nitrogens with one attached hydrogen (secondary N) is 2. The van der Waals surface area contributed by atoms with Crippen LogP contribution in [0.15, 0.2) is 59.1 Å². The lowest BCUT2D eigenvalue weighted by Crippen LogP contribution is -2.29. The Morgan fingerprint density at radius 1 is 1.19 bits per heavy atom. The van der Waals surface area contributed by atoms with Gasteiger partial charge in [0, 0.05) is 6.54 Å². The summed E-state index contributed by atoms with van der Waals surface area (Å²) in [7, 11) is 0. The van der Waals surface area contributed by atoms with Crippen molar-refractivity contribution >= 4 is 17.7 Å². The summed E-state index contributed by atoms with van der Waals surface area (Å²) < 4.78 is 53.4. The highest BCUT2D eigenvalue weighted by molar-refractivity contribution is 8.04. The number of alkyl halides is 3. The Balaban J connectivity index is 1.78. The zero-order valence-corrected chi connectivity index (χ0v) is 15.0. The van der Waals surface area contributed by atoms with E-state index in [0.717, 1.165) is 17.3 Å². The predicted molar refractivity (Wildman–Crippen MR) is 96.0 cm³/mol. The molecule has 0 saturated heterocycles. The van der Waals surface area contributed by atoms with E-state index in [2.05, 4.69) is 10.6 Å². The number of rotatable bonds is 4. The Morgan fingerprint density at radius 2 is 1.93 bits per heavy atom. The highest BCUT2D eigenvalue weighted by Crippen LogP contribution is 2.45. The van der Waals surface area contributed by atoms with Gasteiger partial charge in [0.25, 0.3) is 5.91 Å². The lowest BCUT2D eigenvalue weighted by molar-refractivity contribution is -0.119. The normalized spacial score (nSPS) is 17.0. The Bertz CT molecular complexity index is 895. The average Bonchev–Trinajstić information content (AvgIpc) is 3.06. The summed E-state index contributed by atoms with van der Waals surface area (Å²) in [4.78, 5) is 12.0. The zero-order chi connectivity index (χ0) is 19.6. The van der Waals surface area contributed by atoms with Crippen LogP contribution in [0.25, 0.3) is 0 Å². The molecule has 1 atom stereocenters. The van der Waals surface area contributed by atoms with Gasteiger partial charge < -0.3 is 10.6 Å². The van der Waals surface area contributed by atoms with Gasteiger partial charge in [-0.25, -0.2) is 4.39 Å². The minimum Gasteiger partial charge on any atom is -0.364 e. The molecular weight excluding hydrogens is 380 g/mol. The van der Waals surface area contributed by atoms with E-state index in [1.807, 2.05) is 13.0 Å². The average molecular weight is 396 g/mol. The molecule has 27 heavy (non-hydrogen) atoms. The third-order valence-corrected chi connectivity index (χ3v) is 5.17. The molecule has 0 radical (unpaired) electrons. The van der Waals surface area contributed by atoms with Gasteiger partial charge in [-0.3, -0.25) is 4.79 Å². The number of benzene rings is 2. The number of hydrogen-bond acceptors (Lipinski definition) is 3. The molecule has 0 aromatic heterocycles. The van der Waals surface area contributed by atoms with E-state index < -0.39 is 33.9 Å². The maximum atomic E-state index is 13.4. The summed E-state index contributed by atoms with van der Waals surface area (Å²) in [5.41, 5.74) is 0.960. The summed E-state index contributed by atoms with van der Waals surface area (Å²) >= 11 is 0.816. The second kappa shape index (κ2) is 7.64. The summed E-state index contributed by atoms with van der Waals surface area (Å²) in [6.45, 7) is 1.77. The molecule has 0 spiro atoms. The molecule has 8 heteroatoms. The first-order chi connectivity index (χ1) is 12.7. The van der Waals surface area contributed by atoms with Crippen molar-refractivity contribution in [1.82, 2.24) is 10.6 Å². The van der Waals surface area contributed by atoms with Crippen molar-refractivity contribution in [2.75, 3.05) is 0 Å². The van der Waals surface area contributed by atoms with E-state index in [0.29, 0.717) is 11.1 Å². The maximum absolute atomic E-state index is 13.4. The topological polar surface area (TPSA) is 41.1 Å². The van der Waals surface area contributed by atoms with Crippen LogP contribution in [0.4, 0.5) is 17.6 Å². The van der Waals surface area contributed by atoms with Crippen LogP contribution in [0.2, 0.25) is 0 Å². The largest absolute Gasteiger partial charge is 0.432 e. The van der Waals surface area contributed by atoms with Gasteiger partial charge in [-0.1, -0.05) is 53.7 Å². The first-order valence-electron chi connectivity index (χ1n) is 8.08. The fraction of sp³-hybridized carbons (Fsp3) is 0.211. The lowest BCUT2D eigenvalue weighted by Gasteiger charge is -2.14. The molecular formula is C19H16F4N2OS. The third kappa shape index (κ3) is 4.63. The van der Waals surface area contributed by atoms with Crippen LogP contribution in [0.3, 0.4) is 0 Å². The fourth-order valence-corrected chi connectivity index (χ4v) is 3.84. The number of carbonyl (C=O) groups excluding carboxylic acids is 1. The number of hydrogen-bond donors (Lipinski definition) is 2. The molecule has 3 rings (SSSR count). The third-order valence-electron chi connectivity index (χ3n) is 3.91. The van der Waals surface area contributed by atoms with Gasteiger partial charge in [0.15, 0.2) is 0 Å². The quantitative estimate of drug-likeness (QED) is 0.745. The predicted octanol–water partition coefficient (Wildman–Crippen LogP) is 4.56. The van der Waals surface area contributed by atoms with E-state index in [4.69, 9.17) is 0 Å². The van der Waals surface area contributed by atoms with Gasteiger partial charge in [0.1, 0.15) is 21.8 Å². The minimum atomic E-state index is -4.68. The molecule has 1 unspecified atom stereocenters. The van der Waals surface area contributed by atoms with Crippen LogP contribution in [-0.2, 0) is 11.3 Å². The molecule has 0 aliphatic carbocycles. The molecule has 0 fully saturated rings. The molecule has 3 nitrogen and oxygen atoms in total. The summed E-state index contributed by atoms with van der Waals surface area (Å²) in [6, 6.07) is 12.6. The van der Waals surface area contributed by atoms with Gasteiger partial charge in [-0.15, -0.1) is 0 Å². The smallest absolute Gasteiger partial charge is 0.364 e. The van der Waals surface area contributed by atoms with E-state index in [-0.39, 0.29) is 6.54 Å². The minimum absolute atomic E-state index is 0.0685. The van der Waals surface area contributed by atoms with E-state index in [1.165, 1.54) is 18.2 Å². The highest BCUT2D eigenvalue weighted by atomic mass is 32.2. The van der Waals surface area contributed by atoms with Crippen LogP contribution >= 0.6 is 11.8 Å². The number of aryl methyl sites for hydroxylation is 1. The van der Waals surface area contributed by atoms with E-state index in [9.17, 15) is 22.4 Å². The SMILES string of the molecule is Cc1cccc(C2NC(C(F)(F)F)=C(C(=O)NCc3cccc(F)c3)S2)c1. The van der Waals surface area contributed by atoms with Crippen molar-refractivity contribution in [3.8, 4) is 0 Å². The number of allylic oxidation sites excluding steroid dienone is 1. The van der Waals surface area contributed by atoms with Crippen molar-refractivity contribution in [2.45, 2.75) is 25.0 Å². The molecule has 1 amide bonds. The Morgan fingerprint density at radius 3 is 2.59 bits per heavy atom. The van der Waals surface area contributed by atoms with Crippen molar-refractivity contribution < 1.29 is 22.4 Å². The highest BCUT2D eigenvalue weighted by Gasteiger charge is 2.44. The second-order valence-electron chi connectivity index (χ2n) is 6.07. The molecule has 2 aromatic rings. The van der Waals surface area contributed by atoms with Gasteiger partial charge in [-0.05, 0) is 30.2 Å². The van der Waals surface area contributed by atoms with Gasteiger partial charge in [0.2, 0.25) is 0 Å². The van der Waals surface area contributed by atoms with Crippen LogP contribution in [0.1, 0.15) is 22.1 Å². The summed E-state index contributed by atoms with van der Waals surface area (Å²) in [5.74, 6) is -1.33. The van der Waals surface area contributed by atoms with Crippen molar-refractivity contribution in [2.24, 2.45) is 0 Å².